The highest BCUT2D eigenvalue weighted by molar-refractivity contribution is 7.10. The second-order valence-electron chi connectivity index (χ2n) is 6.22. The first kappa shape index (κ1) is 18.1. The zero-order valence-electron chi connectivity index (χ0n) is 14.9. The molecule has 0 fully saturated rings. The molecule has 0 bridgehead atoms. The average molecular weight is 371 g/mol. The van der Waals surface area contributed by atoms with Gasteiger partial charge in [-0.05, 0) is 44.2 Å². The number of nitrogens with two attached hydrogens (primary N) is 1. The molecule has 0 aliphatic heterocycles. The maximum absolute atomic E-state index is 12.3. The molecular formula is C18H21N5O2S. The van der Waals surface area contributed by atoms with Crippen molar-refractivity contribution < 1.29 is 9.59 Å². The molecule has 3 aromatic rings. The number of nitrogens with zero attached hydrogens (tertiary/aromatic N) is 3. The summed E-state index contributed by atoms with van der Waals surface area (Å²) in [5.74, 6) is -0.566. The lowest BCUT2D eigenvalue weighted by molar-refractivity contribution is -0.121. The van der Waals surface area contributed by atoms with E-state index < -0.39 is 5.91 Å². The Morgan fingerprint density at radius 3 is 2.81 bits per heavy atom. The summed E-state index contributed by atoms with van der Waals surface area (Å²) in [5.41, 5.74) is 8.70. The van der Waals surface area contributed by atoms with Gasteiger partial charge in [0.15, 0.2) is 5.65 Å². The number of nitrogens with one attached hydrogen (secondary N) is 1. The molecule has 0 aliphatic rings. The third-order valence-electron chi connectivity index (χ3n) is 4.42. The molecule has 0 radical (unpaired) electrons. The Hall–Kier alpha value is -2.74. The fraction of sp³-hybridized carbons (Fsp3) is 0.333. The van der Waals surface area contributed by atoms with Crippen molar-refractivity contribution >= 4 is 28.8 Å². The van der Waals surface area contributed by atoms with E-state index in [0.717, 1.165) is 21.8 Å². The van der Waals surface area contributed by atoms with Crippen LogP contribution in [0.3, 0.4) is 0 Å². The molecule has 0 unspecified atom stereocenters. The maximum Gasteiger partial charge on any atom is 0.254 e. The topological polar surface area (TPSA) is 102 Å². The van der Waals surface area contributed by atoms with E-state index in [-0.39, 0.29) is 11.9 Å². The molecule has 3 rings (SSSR count). The Kier molecular flexibility index (Phi) is 5.03. The van der Waals surface area contributed by atoms with Crippen molar-refractivity contribution in [2.45, 2.75) is 39.7 Å². The molecule has 2 amide bonds. The van der Waals surface area contributed by atoms with Gasteiger partial charge < -0.3 is 11.1 Å². The van der Waals surface area contributed by atoms with E-state index in [1.54, 1.807) is 15.9 Å². The van der Waals surface area contributed by atoms with Crippen molar-refractivity contribution in [1.82, 2.24) is 19.9 Å². The predicted octanol–water partition coefficient (Wildman–Crippen LogP) is 2.32. The summed E-state index contributed by atoms with van der Waals surface area (Å²) in [4.78, 5) is 29.4. The van der Waals surface area contributed by atoms with Gasteiger partial charge in [0.1, 0.15) is 5.56 Å². The normalized spacial score (nSPS) is 12.3. The van der Waals surface area contributed by atoms with E-state index in [0.29, 0.717) is 24.1 Å². The molecule has 1 atom stereocenters. The van der Waals surface area contributed by atoms with Crippen molar-refractivity contribution in [3.05, 3.63) is 51.1 Å². The number of aromatic nitrogens is 3. The number of primary amides is 1. The van der Waals surface area contributed by atoms with E-state index in [4.69, 9.17) is 5.73 Å². The summed E-state index contributed by atoms with van der Waals surface area (Å²) >= 11 is 1.62. The van der Waals surface area contributed by atoms with Crippen LogP contribution in [0.25, 0.3) is 5.65 Å². The van der Waals surface area contributed by atoms with Gasteiger partial charge in [-0.1, -0.05) is 6.07 Å². The van der Waals surface area contributed by atoms with Crippen LogP contribution in [0.2, 0.25) is 0 Å². The van der Waals surface area contributed by atoms with Gasteiger partial charge >= 0.3 is 0 Å². The highest BCUT2D eigenvalue weighted by Crippen LogP contribution is 2.20. The fourth-order valence-electron chi connectivity index (χ4n) is 3.01. The van der Waals surface area contributed by atoms with Crippen LogP contribution < -0.4 is 11.1 Å². The summed E-state index contributed by atoms with van der Waals surface area (Å²) < 4.78 is 1.61. The molecule has 0 saturated heterocycles. The van der Waals surface area contributed by atoms with Gasteiger partial charge in [0.25, 0.3) is 5.91 Å². The molecule has 3 heterocycles. The lowest BCUT2D eigenvalue weighted by Crippen LogP contribution is -2.26. The first-order chi connectivity index (χ1) is 12.4. The predicted molar refractivity (Wildman–Crippen MR) is 100 cm³/mol. The van der Waals surface area contributed by atoms with Crippen LogP contribution in [0.4, 0.5) is 0 Å². The van der Waals surface area contributed by atoms with E-state index >= 15 is 0 Å². The monoisotopic (exact) mass is 371 g/mol. The van der Waals surface area contributed by atoms with Gasteiger partial charge in [-0.3, -0.25) is 9.59 Å². The van der Waals surface area contributed by atoms with Gasteiger partial charge in [-0.2, -0.15) is 5.10 Å². The van der Waals surface area contributed by atoms with Crippen molar-refractivity contribution in [3.63, 3.8) is 0 Å². The Balaban J connectivity index is 1.74. The van der Waals surface area contributed by atoms with E-state index in [1.165, 1.54) is 6.20 Å². The molecule has 0 saturated carbocycles. The summed E-state index contributed by atoms with van der Waals surface area (Å²) in [6.45, 7) is 5.75. The number of thiophene rings is 1. The van der Waals surface area contributed by atoms with Crippen LogP contribution in [0, 0.1) is 13.8 Å². The highest BCUT2D eigenvalue weighted by atomic mass is 32.1. The first-order valence-corrected chi connectivity index (χ1v) is 9.22. The second kappa shape index (κ2) is 7.25. The van der Waals surface area contributed by atoms with Crippen LogP contribution in [-0.2, 0) is 11.2 Å². The number of rotatable bonds is 6. The fourth-order valence-corrected chi connectivity index (χ4v) is 3.74. The Labute approximate surface area is 155 Å². The lowest BCUT2D eigenvalue weighted by Gasteiger charge is -2.14. The van der Waals surface area contributed by atoms with Crippen molar-refractivity contribution in [2.24, 2.45) is 5.73 Å². The molecule has 136 valence electrons. The second-order valence-corrected chi connectivity index (χ2v) is 7.20. The van der Waals surface area contributed by atoms with Crippen LogP contribution in [0.5, 0.6) is 0 Å². The Morgan fingerprint density at radius 1 is 1.38 bits per heavy atom. The number of hydrogen-bond acceptors (Lipinski definition) is 5. The molecule has 0 aliphatic carbocycles. The van der Waals surface area contributed by atoms with Crippen LogP contribution in [-0.4, -0.2) is 26.4 Å². The molecule has 26 heavy (non-hydrogen) atoms. The number of carbonyl (C=O) groups excluding carboxylic acids is 2. The summed E-state index contributed by atoms with van der Waals surface area (Å²) in [5, 5.41) is 9.22. The third kappa shape index (κ3) is 3.45. The number of aryl methyl sites for hydroxylation is 2. The number of amides is 2. The maximum atomic E-state index is 12.3. The minimum absolute atomic E-state index is 0.00506. The van der Waals surface area contributed by atoms with Crippen LogP contribution in [0.1, 0.15) is 51.6 Å². The summed E-state index contributed by atoms with van der Waals surface area (Å²) in [6, 6.07) is 3.98. The largest absolute Gasteiger partial charge is 0.365 e. The van der Waals surface area contributed by atoms with Crippen molar-refractivity contribution in [2.75, 3.05) is 0 Å². The van der Waals surface area contributed by atoms with Crippen LogP contribution in [0.15, 0.2) is 23.7 Å². The standard InChI is InChI=1S/C18H21N5O2S/c1-10-13(6-7-16(24)21-11(2)15-5-4-8-26-15)12(3)23-18(22-10)14(9-20-23)17(19)25/h4-5,8-9,11H,6-7H2,1-3H3,(H2,19,25)(H,21,24)/t11-/m1/s1. The van der Waals surface area contributed by atoms with Gasteiger partial charge in [-0.25, -0.2) is 9.50 Å². The van der Waals surface area contributed by atoms with Crippen molar-refractivity contribution in [1.29, 1.82) is 0 Å². The Morgan fingerprint density at radius 2 is 2.15 bits per heavy atom. The lowest BCUT2D eigenvalue weighted by atomic mass is 10.1. The average Bonchev–Trinajstić information content (AvgIpc) is 3.24. The number of hydrogen-bond donors (Lipinski definition) is 2. The Bertz CT molecular complexity index is 962. The third-order valence-corrected chi connectivity index (χ3v) is 5.48. The van der Waals surface area contributed by atoms with E-state index in [1.807, 2.05) is 38.3 Å². The zero-order valence-corrected chi connectivity index (χ0v) is 15.8. The molecule has 0 aromatic carbocycles. The zero-order chi connectivity index (χ0) is 18.8. The van der Waals surface area contributed by atoms with Gasteiger partial charge in [0.2, 0.25) is 5.91 Å². The summed E-state index contributed by atoms with van der Waals surface area (Å²) in [7, 11) is 0. The highest BCUT2D eigenvalue weighted by Gasteiger charge is 2.17. The molecule has 8 heteroatoms. The molecular weight excluding hydrogens is 350 g/mol. The van der Waals surface area contributed by atoms with Gasteiger partial charge in [0, 0.05) is 22.7 Å². The molecule has 7 nitrogen and oxygen atoms in total. The van der Waals surface area contributed by atoms with Crippen molar-refractivity contribution in [3.8, 4) is 0 Å². The van der Waals surface area contributed by atoms with E-state index in [9.17, 15) is 9.59 Å². The molecule has 3 N–H and O–H groups in total. The number of carbonyl (C=O) groups is 2. The minimum atomic E-state index is -0.555. The molecule has 3 aromatic heterocycles. The first-order valence-electron chi connectivity index (χ1n) is 8.35. The quantitative estimate of drug-likeness (QED) is 0.694. The van der Waals surface area contributed by atoms with Crippen LogP contribution >= 0.6 is 11.3 Å². The van der Waals surface area contributed by atoms with E-state index in [2.05, 4.69) is 15.4 Å². The smallest absolute Gasteiger partial charge is 0.254 e. The number of fused-ring (bicyclic) bond motifs is 1. The minimum Gasteiger partial charge on any atom is -0.365 e. The molecule has 0 spiro atoms. The summed E-state index contributed by atoms with van der Waals surface area (Å²) in [6.07, 6.45) is 2.33. The SMILES string of the molecule is Cc1nc2c(C(N)=O)cnn2c(C)c1CCC(=O)N[C@H](C)c1cccs1. The van der Waals surface area contributed by atoms with Gasteiger partial charge in [-0.15, -0.1) is 11.3 Å². The van der Waals surface area contributed by atoms with Gasteiger partial charge in [0.05, 0.1) is 12.2 Å².